The highest BCUT2D eigenvalue weighted by Crippen LogP contribution is 2.29. The number of nitrogens with one attached hydrogen (secondary N) is 1. The number of aliphatic hydroxyl groups excluding tert-OH is 1. The maximum atomic E-state index is 9.52. The van der Waals surface area contributed by atoms with Gasteiger partial charge < -0.3 is 15.3 Å². The molecule has 0 aromatic carbocycles. The Labute approximate surface area is 100 Å². The zero-order valence-corrected chi connectivity index (χ0v) is 11.3. The molecular formula is C13H28N2O. The highest BCUT2D eigenvalue weighted by Gasteiger charge is 2.33. The molecule has 0 saturated heterocycles. The lowest BCUT2D eigenvalue weighted by Gasteiger charge is -2.35. The minimum absolute atomic E-state index is 0.126. The van der Waals surface area contributed by atoms with Gasteiger partial charge in [0.25, 0.3) is 0 Å². The third kappa shape index (κ3) is 4.04. The molecule has 0 amide bonds. The summed E-state index contributed by atoms with van der Waals surface area (Å²) in [5.74, 6) is 0. The topological polar surface area (TPSA) is 35.5 Å². The van der Waals surface area contributed by atoms with E-state index in [4.69, 9.17) is 0 Å². The van der Waals surface area contributed by atoms with E-state index < -0.39 is 0 Å². The summed E-state index contributed by atoms with van der Waals surface area (Å²) in [5, 5.41) is 13.0. The average Bonchev–Trinajstić information content (AvgIpc) is 3.09. The summed E-state index contributed by atoms with van der Waals surface area (Å²) in [6.45, 7) is 7.75. The lowest BCUT2D eigenvalue weighted by atomic mass is 9.93. The quantitative estimate of drug-likeness (QED) is 0.662. The van der Waals surface area contributed by atoms with Gasteiger partial charge in [-0.25, -0.2) is 0 Å². The minimum Gasteiger partial charge on any atom is -0.394 e. The molecule has 0 bridgehead atoms. The van der Waals surface area contributed by atoms with Crippen molar-refractivity contribution in [2.75, 3.05) is 20.2 Å². The first-order valence-electron chi connectivity index (χ1n) is 6.60. The molecule has 1 saturated carbocycles. The largest absolute Gasteiger partial charge is 0.394 e. The molecule has 1 rings (SSSR count). The van der Waals surface area contributed by atoms with Crippen LogP contribution in [0, 0.1) is 0 Å². The van der Waals surface area contributed by atoms with Crippen molar-refractivity contribution in [2.45, 2.75) is 64.1 Å². The molecule has 2 atom stereocenters. The van der Waals surface area contributed by atoms with Crippen molar-refractivity contribution in [3.8, 4) is 0 Å². The summed E-state index contributed by atoms with van der Waals surface area (Å²) in [6, 6.07) is 1.33. The van der Waals surface area contributed by atoms with Gasteiger partial charge in [-0.15, -0.1) is 0 Å². The van der Waals surface area contributed by atoms with Crippen molar-refractivity contribution in [1.29, 1.82) is 0 Å². The van der Waals surface area contributed by atoms with Crippen LogP contribution in [-0.2, 0) is 0 Å². The van der Waals surface area contributed by atoms with Gasteiger partial charge in [0.05, 0.1) is 6.61 Å². The summed E-state index contributed by atoms with van der Waals surface area (Å²) in [5.41, 5.74) is -0.126. The SMILES string of the molecule is CCCNC(C)(CO)CC(C)N(C)C1CC1. The fourth-order valence-corrected chi connectivity index (χ4v) is 2.26. The second kappa shape index (κ2) is 5.99. The molecule has 3 heteroatoms. The van der Waals surface area contributed by atoms with Crippen LogP contribution in [0.3, 0.4) is 0 Å². The van der Waals surface area contributed by atoms with E-state index in [2.05, 4.69) is 38.0 Å². The normalized spacial score (nSPS) is 22.1. The van der Waals surface area contributed by atoms with Gasteiger partial charge in [-0.3, -0.25) is 0 Å². The number of aliphatic hydroxyl groups is 1. The lowest BCUT2D eigenvalue weighted by molar-refractivity contribution is 0.123. The van der Waals surface area contributed by atoms with E-state index in [-0.39, 0.29) is 12.1 Å². The number of nitrogens with zero attached hydrogens (tertiary/aromatic N) is 1. The first kappa shape index (κ1) is 13.9. The van der Waals surface area contributed by atoms with Crippen LogP contribution in [-0.4, -0.2) is 47.8 Å². The highest BCUT2D eigenvalue weighted by molar-refractivity contribution is 4.91. The monoisotopic (exact) mass is 228 g/mol. The summed E-state index contributed by atoms with van der Waals surface area (Å²) in [6.07, 6.45) is 4.82. The van der Waals surface area contributed by atoms with E-state index in [1.807, 2.05) is 0 Å². The Bertz CT molecular complexity index is 206. The molecule has 3 nitrogen and oxygen atoms in total. The van der Waals surface area contributed by atoms with Gasteiger partial charge in [-0.1, -0.05) is 6.92 Å². The second-order valence-electron chi connectivity index (χ2n) is 5.60. The zero-order valence-electron chi connectivity index (χ0n) is 11.3. The Morgan fingerprint density at radius 1 is 1.50 bits per heavy atom. The molecular weight excluding hydrogens is 200 g/mol. The summed E-state index contributed by atoms with van der Waals surface area (Å²) in [7, 11) is 2.21. The van der Waals surface area contributed by atoms with Gasteiger partial charge in [-0.2, -0.15) is 0 Å². The van der Waals surface area contributed by atoms with Crippen molar-refractivity contribution in [1.82, 2.24) is 10.2 Å². The van der Waals surface area contributed by atoms with E-state index in [1.165, 1.54) is 12.8 Å². The molecule has 0 spiro atoms. The Morgan fingerprint density at radius 3 is 2.56 bits per heavy atom. The third-order valence-corrected chi connectivity index (χ3v) is 3.71. The van der Waals surface area contributed by atoms with E-state index in [1.54, 1.807) is 0 Å². The summed E-state index contributed by atoms with van der Waals surface area (Å²) >= 11 is 0. The van der Waals surface area contributed by atoms with E-state index in [0.717, 1.165) is 25.4 Å². The summed E-state index contributed by atoms with van der Waals surface area (Å²) in [4.78, 5) is 2.46. The van der Waals surface area contributed by atoms with Gasteiger partial charge in [0.1, 0.15) is 0 Å². The van der Waals surface area contributed by atoms with Gasteiger partial charge in [0.2, 0.25) is 0 Å². The van der Waals surface area contributed by atoms with Gasteiger partial charge in [0, 0.05) is 17.6 Å². The molecule has 0 aromatic heterocycles. The molecule has 16 heavy (non-hydrogen) atoms. The van der Waals surface area contributed by atoms with Crippen molar-refractivity contribution >= 4 is 0 Å². The van der Waals surface area contributed by atoms with Crippen LogP contribution in [0.15, 0.2) is 0 Å². The van der Waals surface area contributed by atoms with Crippen molar-refractivity contribution in [3.05, 3.63) is 0 Å². The van der Waals surface area contributed by atoms with E-state index >= 15 is 0 Å². The van der Waals surface area contributed by atoms with Crippen LogP contribution in [0.1, 0.15) is 46.5 Å². The van der Waals surface area contributed by atoms with Crippen molar-refractivity contribution < 1.29 is 5.11 Å². The standard InChI is InChI=1S/C13H28N2O/c1-5-8-14-13(3,10-16)9-11(2)15(4)12-6-7-12/h11-12,14,16H,5-10H2,1-4H3. The molecule has 0 aliphatic heterocycles. The van der Waals surface area contributed by atoms with Crippen LogP contribution < -0.4 is 5.32 Å². The Kier molecular flexibility index (Phi) is 5.22. The smallest absolute Gasteiger partial charge is 0.0611 e. The fraction of sp³-hybridized carbons (Fsp3) is 1.00. The Hall–Kier alpha value is -0.120. The molecule has 2 unspecified atom stereocenters. The predicted molar refractivity (Wildman–Crippen MR) is 68.6 cm³/mol. The second-order valence-corrected chi connectivity index (χ2v) is 5.60. The Morgan fingerprint density at radius 2 is 2.12 bits per heavy atom. The fourth-order valence-electron chi connectivity index (χ4n) is 2.26. The van der Waals surface area contributed by atoms with Gasteiger partial charge >= 0.3 is 0 Å². The predicted octanol–water partition coefficient (Wildman–Crippen LogP) is 1.61. The first-order valence-corrected chi connectivity index (χ1v) is 6.60. The molecule has 0 radical (unpaired) electrons. The van der Waals surface area contributed by atoms with Crippen LogP contribution in [0.2, 0.25) is 0 Å². The first-order chi connectivity index (χ1) is 7.52. The van der Waals surface area contributed by atoms with Gasteiger partial charge in [-0.05, 0) is 53.1 Å². The number of hydrogen-bond donors (Lipinski definition) is 2. The maximum absolute atomic E-state index is 9.52. The molecule has 2 N–H and O–H groups in total. The molecule has 96 valence electrons. The Balaban J connectivity index is 2.40. The third-order valence-electron chi connectivity index (χ3n) is 3.71. The zero-order chi connectivity index (χ0) is 12.2. The molecule has 1 fully saturated rings. The minimum atomic E-state index is -0.126. The highest BCUT2D eigenvalue weighted by atomic mass is 16.3. The molecule has 1 aliphatic carbocycles. The molecule has 0 aromatic rings. The average molecular weight is 228 g/mol. The van der Waals surface area contributed by atoms with E-state index in [9.17, 15) is 5.11 Å². The molecule has 1 aliphatic rings. The lowest BCUT2D eigenvalue weighted by Crippen LogP contribution is -2.50. The number of hydrogen-bond acceptors (Lipinski definition) is 3. The van der Waals surface area contributed by atoms with Crippen LogP contribution in [0.5, 0.6) is 0 Å². The molecule has 0 heterocycles. The number of rotatable bonds is 8. The van der Waals surface area contributed by atoms with Crippen molar-refractivity contribution in [3.63, 3.8) is 0 Å². The van der Waals surface area contributed by atoms with Crippen LogP contribution in [0.4, 0.5) is 0 Å². The van der Waals surface area contributed by atoms with Gasteiger partial charge in [0.15, 0.2) is 0 Å². The van der Waals surface area contributed by atoms with Crippen LogP contribution >= 0.6 is 0 Å². The maximum Gasteiger partial charge on any atom is 0.0611 e. The summed E-state index contributed by atoms with van der Waals surface area (Å²) < 4.78 is 0. The van der Waals surface area contributed by atoms with Crippen LogP contribution in [0.25, 0.3) is 0 Å². The van der Waals surface area contributed by atoms with E-state index in [0.29, 0.717) is 6.04 Å². The van der Waals surface area contributed by atoms with Crippen molar-refractivity contribution in [2.24, 2.45) is 0 Å².